The van der Waals surface area contributed by atoms with Crippen molar-refractivity contribution in [2.75, 3.05) is 26.2 Å². The molecule has 0 heterocycles. The number of alkyl halides is 3. The van der Waals surface area contributed by atoms with Gasteiger partial charge in [0.15, 0.2) is 0 Å². The van der Waals surface area contributed by atoms with Crippen LogP contribution in [-0.2, 0) is 9.59 Å². The Labute approximate surface area is 103 Å². The molecule has 106 valence electrons. The van der Waals surface area contributed by atoms with Gasteiger partial charge in [-0.25, -0.2) is 0 Å². The molecule has 0 aromatic heterocycles. The van der Waals surface area contributed by atoms with Gasteiger partial charge in [0.2, 0.25) is 11.8 Å². The Hall–Kier alpha value is -1.31. The summed E-state index contributed by atoms with van der Waals surface area (Å²) in [4.78, 5) is 22.1. The van der Waals surface area contributed by atoms with E-state index in [9.17, 15) is 22.8 Å². The van der Waals surface area contributed by atoms with Crippen LogP contribution >= 0.6 is 0 Å². The minimum Gasteiger partial charge on any atom is -0.355 e. The molecule has 18 heavy (non-hydrogen) atoms. The van der Waals surface area contributed by atoms with Crippen molar-refractivity contribution in [2.24, 2.45) is 5.92 Å². The SMILES string of the molecule is CC(C)CNC(=O)CNCC(=O)NCC(F)(F)F. The highest BCUT2D eigenvalue weighted by Gasteiger charge is 2.27. The molecule has 0 rings (SSSR count). The molecule has 0 saturated heterocycles. The number of nitrogens with one attached hydrogen (secondary N) is 3. The van der Waals surface area contributed by atoms with Gasteiger partial charge in [-0.05, 0) is 5.92 Å². The van der Waals surface area contributed by atoms with Crippen LogP contribution in [0, 0.1) is 5.92 Å². The van der Waals surface area contributed by atoms with Gasteiger partial charge in [0.05, 0.1) is 13.1 Å². The van der Waals surface area contributed by atoms with Crippen LogP contribution in [-0.4, -0.2) is 44.2 Å². The fourth-order valence-corrected chi connectivity index (χ4v) is 0.931. The average Bonchev–Trinajstić information content (AvgIpc) is 2.22. The van der Waals surface area contributed by atoms with Gasteiger partial charge in [-0.15, -0.1) is 0 Å². The zero-order valence-corrected chi connectivity index (χ0v) is 10.4. The summed E-state index contributed by atoms with van der Waals surface area (Å²) in [5.41, 5.74) is 0. The van der Waals surface area contributed by atoms with Crippen molar-refractivity contribution in [3.05, 3.63) is 0 Å². The van der Waals surface area contributed by atoms with Crippen LogP contribution in [0.2, 0.25) is 0 Å². The zero-order chi connectivity index (χ0) is 14.2. The Balaban J connectivity index is 3.59. The molecule has 0 spiro atoms. The maximum Gasteiger partial charge on any atom is 0.405 e. The summed E-state index contributed by atoms with van der Waals surface area (Å²) in [5, 5.41) is 6.74. The summed E-state index contributed by atoms with van der Waals surface area (Å²) in [6.45, 7) is 2.57. The molecule has 0 aliphatic heterocycles. The fraction of sp³-hybridized carbons (Fsp3) is 0.800. The van der Waals surface area contributed by atoms with Crippen LogP contribution < -0.4 is 16.0 Å². The van der Waals surface area contributed by atoms with Crippen molar-refractivity contribution in [3.8, 4) is 0 Å². The molecule has 0 aliphatic carbocycles. The van der Waals surface area contributed by atoms with E-state index in [2.05, 4.69) is 10.6 Å². The van der Waals surface area contributed by atoms with Gasteiger partial charge in [0.1, 0.15) is 6.54 Å². The zero-order valence-electron chi connectivity index (χ0n) is 10.4. The third kappa shape index (κ3) is 11.2. The van der Waals surface area contributed by atoms with Crippen LogP contribution in [0.25, 0.3) is 0 Å². The molecular formula is C10H18F3N3O2. The van der Waals surface area contributed by atoms with Gasteiger partial charge in [-0.1, -0.05) is 13.8 Å². The summed E-state index contributed by atoms with van der Waals surface area (Å²) in [6, 6.07) is 0. The van der Waals surface area contributed by atoms with E-state index in [1.807, 2.05) is 13.8 Å². The second-order valence-corrected chi connectivity index (χ2v) is 4.19. The van der Waals surface area contributed by atoms with E-state index in [1.165, 1.54) is 0 Å². The molecule has 0 radical (unpaired) electrons. The summed E-state index contributed by atoms with van der Waals surface area (Å²) >= 11 is 0. The van der Waals surface area contributed by atoms with E-state index in [-0.39, 0.29) is 19.0 Å². The number of hydrogen-bond donors (Lipinski definition) is 3. The number of carbonyl (C=O) groups is 2. The molecule has 0 atom stereocenters. The van der Waals surface area contributed by atoms with Gasteiger partial charge in [-0.2, -0.15) is 13.2 Å². The average molecular weight is 269 g/mol. The normalized spacial score (nSPS) is 11.4. The van der Waals surface area contributed by atoms with E-state index in [0.717, 1.165) is 0 Å². The van der Waals surface area contributed by atoms with Gasteiger partial charge < -0.3 is 10.6 Å². The summed E-state index contributed by atoms with van der Waals surface area (Å²) in [6.07, 6.45) is -4.43. The van der Waals surface area contributed by atoms with E-state index in [1.54, 1.807) is 5.32 Å². The first kappa shape index (κ1) is 16.7. The minimum atomic E-state index is -4.43. The Morgan fingerprint density at radius 2 is 1.56 bits per heavy atom. The van der Waals surface area contributed by atoms with Crippen LogP contribution in [0.15, 0.2) is 0 Å². The van der Waals surface area contributed by atoms with Gasteiger partial charge in [0.25, 0.3) is 0 Å². The van der Waals surface area contributed by atoms with Gasteiger partial charge in [-0.3, -0.25) is 14.9 Å². The molecule has 3 N–H and O–H groups in total. The smallest absolute Gasteiger partial charge is 0.355 e. The standard InChI is InChI=1S/C10H18F3N3O2/c1-7(2)3-15-8(17)4-14-5-9(18)16-6-10(11,12)13/h7,14H,3-6H2,1-2H3,(H,15,17)(H,16,18). The minimum absolute atomic E-state index is 0.105. The lowest BCUT2D eigenvalue weighted by molar-refractivity contribution is -0.138. The van der Waals surface area contributed by atoms with Gasteiger partial charge >= 0.3 is 6.18 Å². The van der Waals surface area contributed by atoms with Crippen molar-refractivity contribution in [1.82, 2.24) is 16.0 Å². The highest BCUT2D eigenvalue weighted by Crippen LogP contribution is 2.11. The van der Waals surface area contributed by atoms with Crippen molar-refractivity contribution in [1.29, 1.82) is 0 Å². The quantitative estimate of drug-likeness (QED) is 0.610. The summed E-state index contributed by atoms with van der Waals surface area (Å²) in [5.74, 6) is -0.791. The Morgan fingerprint density at radius 3 is 2.00 bits per heavy atom. The van der Waals surface area contributed by atoms with Crippen molar-refractivity contribution in [2.45, 2.75) is 20.0 Å². The Kier molecular flexibility index (Phi) is 7.33. The number of halogens is 3. The van der Waals surface area contributed by atoms with Crippen molar-refractivity contribution >= 4 is 11.8 Å². The fourth-order valence-electron chi connectivity index (χ4n) is 0.931. The third-order valence-electron chi connectivity index (χ3n) is 1.76. The number of hydrogen-bond acceptors (Lipinski definition) is 3. The lowest BCUT2D eigenvalue weighted by Crippen LogP contribution is -2.42. The first-order valence-electron chi connectivity index (χ1n) is 5.51. The molecule has 0 bridgehead atoms. The number of amides is 2. The molecule has 8 heteroatoms. The number of rotatable bonds is 7. The molecule has 0 saturated carbocycles. The molecule has 2 amide bonds. The second kappa shape index (κ2) is 7.91. The summed E-state index contributed by atoms with van der Waals surface area (Å²) in [7, 11) is 0. The van der Waals surface area contributed by atoms with Crippen molar-refractivity contribution in [3.63, 3.8) is 0 Å². The highest BCUT2D eigenvalue weighted by atomic mass is 19.4. The lowest BCUT2D eigenvalue weighted by Gasteiger charge is -2.10. The van der Waals surface area contributed by atoms with Crippen LogP contribution in [0.5, 0.6) is 0 Å². The topological polar surface area (TPSA) is 70.2 Å². The predicted molar refractivity (Wildman–Crippen MR) is 59.8 cm³/mol. The van der Waals surface area contributed by atoms with Crippen LogP contribution in [0.1, 0.15) is 13.8 Å². The molecular weight excluding hydrogens is 251 g/mol. The maximum absolute atomic E-state index is 11.7. The van der Waals surface area contributed by atoms with Crippen LogP contribution in [0.3, 0.4) is 0 Å². The van der Waals surface area contributed by atoms with E-state index < -0.39 is 18.6 Å². The first-order valence-corrected chi connectivity index (χ1v) is 5.51. The second-order valence-electron chi connectivity index (χ2n) is 4.19. The number of carbonyl (C=O) groups excluding carboxylic acids is 2. The summed E-state index contributed by atoms with van der Waals surface area (Å²) < 4.78 is 35.2. The van der Waals surface area contributed by atoms with E-state index in [0.29, 0.717) is 12.5 Å². The Morgan fingerprint density at radius 1 is 1.06 bits per heavy atom. The lowest BCUT2D eigenvalue weighted by atomic mass is 10.2. The third-order valence-corrected chi connectivity index (χ3v) is 1.76. The molecule has 0 aliphatic rings. The van der Waals surface area contributed by atoms with E-state index >= 15 is 0 Å². The Bertz CT molecular complexity index is 280. The first-order chi connectivity index (χ1) is 8.20. The van der Waals surface area contributed by atoms with Crippen molar-refractivity contribution < 1.29 is 22.8 Å². The van der Waals surface area contributed by atoms with Gasteiger partial charge in [0, 0.05) is 6.54 Å². The molecule has 0 aromatic carbocycles. The van der Waals surface area contributed by atoms with E-state index in [4.69, 9.17) is 0 Å². The largest absolute Gasteiger partial charge is 0.405 e. The monoisotopic (exact) mass is 269 g/mol. The maximum atomic E-state index is 11.7. The van der Waals surface area contributed by atoms with Crippen LogP contribution in [0.4, 0.5) is 13.2 Å². The molecule has 0 aromatic rings. The molecule has 0 unspecified atom stereocenters. The highest BCUT2D eigenvalue weighted by molar-refractivity contribution is 5.81. The molecule has 0 fully saturated rings. The molecule has 5 nitrogen and oxygen atoms in total. The predicted octanol–water partition coefficient (Wildman–Crippen LogP) is 0.0267.